The zero-order valence-electron chi connectivity index (χ0n) is 11.0. The normalized spacial score (nSPS) is 13.9. The lowest BCUT2D eigenvalue weighted by molar-refractivity contribution is -0.138. The van der Waals surface area contributed by atoms with Gasteiger partial charge in [-0.3, -0.25) is 0 Å². The topological polar surface area (TPSA) is 12.0 Å². The van der Waals surface area contributed by atoms with Gasteiger partial charge in [-0.1, -0.05) is 39.0 Å². The smallest absolute Gasteiger partial charge is 0.314 e. The van der Waals surface area contributed by atoms with E-state index in [0.29, 0.717) is 18.5 Å². The first-order chi connectivity index (χ1) is 8.36. The van der Waals surface area contributed by atoms with Gasteiger partial charge in [-0.25, -0.2) is 0 Å². The zero-order valence-corrected chi connectivity index (χ0v) is 11.0. The first-order valence-corrected chi connectivity index (χ1v) is 6.25. The monoisotopic (exact) mass is 259 g/mol. The van der Waals surface area contributed by atoms with E-state index in [4.69, 9.17) is 0 Å². The standard InChI is InChI=1S/C14H20F3N/c1-4-11(9-18-10(2)3)12-7-5-6-8-13(12)14(15,16)17/h5-8,10-11,18H,4,9H2,1-3H3. The summed E-state index contributed by atoms with van der Waals surface area (Å²) in [5, 5.41) is 3.21. The van der Waals surface area contributed by atoms with Crippen LogP contribution in [0.25, 0.3) is 0 Å². The quantitative estimate of drug-likeness (QED) is 0.835. The van der Waals surface area contributed by atoms with Crippen LogP contribution in [0.2, 0.25) is 0 Å². The highest BCUT2D eigenvalue weighted by molar-refractivity contribution is 5.33. The maximum Gasteiger partial charge on any atom is 0.416 e. The average molecular weight is 259 g/mol. The molecule has 1 unspecified atom stereocenters. The van der Waals surface area contributed by atoms with Crippen LogP contribution in [-0.4, -0.2) is 12.6 Å². The Hall–Kier alpha value is -1.03. The van der Waals surface area contributed by atoms with Crippen LogP contribution in [-0.2, 0) is 6.18 Å². The van der Waals surface area contributed by atoms with Gasteiger partial charge in [-0.2, -0.15) is 13.2 Å². The molecule has 0 radical (unpaired) electrons. The Morgan fingerprint density at radius 2 is 1.78 bits per heavy atom. The summed E-state index contributed by atoms with van der Waals surface area (Å²) < 4.78 is 38.8. The van der Waals surface area contributed by atoms with Crippen LogP contribution in [0.4, 0.5) is 13.2 Å². The number of benzene rings is 1. The van der Waals surface area contributed by atoms with Gasteiger partial charge in [-0.15, -0.1) is 0 Å². The van der Waals surface area contributed by atoms with E-state index in [1.54, 1.807) is 12.1 Å². The summed E-state index contributed by atoms with van der Waals surface area (Å²) in [6, 6.07) is 6.13. The number of hydrogen-bond donors (Lipinski definition) is 1. The van der Waals surface area contributed by atoms with Crippen LogP contribution in [0.1, 0.15) is 44.2 Å². The number of rotatable bonds is 5. The van der Waals surface area contributed by atoms with Crippen LogP contribution < -0.4 is 5.32 Å². The largest absolute Gasteiger partial charge is 0.416 e. The van der Waals surface area contributed by atoms with Crippen LogP contribution >= 0.6 is 0 Å². The predicted molar refractivity (Wildman–Crippen MR) is 67.6 cm³/mol. The van der Waals surface area contributed by atoms with Crippen molar-refractivity contribution in [3.05, 3.63) is 35.4 Å². The molecule has 0 aromatic heterocycles. The second kappa shape index (κ2) is 6.23. The predicted octanol–water partition coefficient (Wildman–Crippen LogP) is 4.20. The molecule has 0 saturated heterocycles. The lowest BCUT2D eigenvalue weighted by Gasteiger charge is -2.22. The van der Waals surface area contributed by atoms with Crippen molar-refractivity contribution >= 4 is 0 Å². The Kier molecular flexibility index (Phi) is 5.20. The van der Waals surface area contributed by atoms with Crippen molar-refractivity contribution in [3.63, 3.8) is 0 Å². The number of alkyl halides is 3. The summed E-state index contributed by atoms with van der Waals surface area (Å²) in [7, 11) is 0. The van der Waals surface area contributed by atoms with E-state index in [1.807, 2.05) is 20.8 Å². The molecule has 0 saturated carbocycles. The van der Waals surface area contributed by atoms with Gasteiger partial charge in [0.05, 0.1) is 5.56 Å². The molecule has 1 aromatic carbocycles. The van der Waals surface area contributed by atoms with Gasteiger partial charge in [0.25, 0.3) is 0 Å². The van der Waals surface area contributed by atoms with E-state index in [2.05, 4.69) is 5.32 Å². The van der Waals surface area contributed by atoms with Crippen molar-refractivity contribution in [2.75, 3.05) is 6.54 Å². The van der Waals surface area contributed by atoms with Crippen LogP contribution in [0.3, 0.4) is 0 Å². The molecule has 18 heavy (non-hydrogen) atoms. The minimum absolute atomic E-state index is 0.106. The molecular weight excluding hydrogens is 239 g/mol. The fraction of sp³-hybridized carbons (Fsp3) is 0.571. The van der Waals surface area contributed by atoms with Crippen molar-refractivity contribution in [1.29, 1.82) is 0 Å². The fourth-order valence-corrected chi connectivity index (χ4v) is 1.96. The highest BCUT2D eigenvalue weighted by Crippen LogP contribution is 2.35. The highest BCUT2D eigenvalue weighted by atomic mass is 19.4. The van der Waals surface area contributed by atoms with Gasteiger partial charge in [0.15, 0.2) is 0 Å². The minimum atomic E-state index is -4.28. The highest BCUT2D eigenvalue weighted by Gasteiger charge is 2.34. The molecule has 0 aliphatic rings. The van der Waals surface area contributed by atoms with E-state index in [0.717, 1.165) is 6.07 Å². The van der Waals surface area contributed by atoms with Crippen LogP contribution in [0.15, 0.2) is 24.3 Å². The van der Waals surface area contributed by atoms with Gasteiger partial charge in [0.2, 0.25) is 0 Å². The first-order valence-electron chi connectivity index (χ1n) is 6.25. The van der Waals surface area contributed by atoms with Gasteiger partial charge in [0, 0.05) is 12.6 Å². The maximum atomic E-state index is 12.9. The molecule has 1 nitrogen and oxygen atoms in total. The Balaban J connectivity index is 2.98. The number of nitrogens with one attached hydrogen (secondary N) is 1. The summed E-state index contributed by atoms with van der Waals surface area (Å²) in [4.78, 5) is 0. The molecule has 0 spiro atoms. The maximum absolute atomic E-state index is 12.9. The molecule has 1 aromatic rings. The SMILES string of the molecule is CCC(CNC(C)C)c1ccccc1C(F)(F)F. The molecule has 1 rings (SSSR count). The summed E-state index contributed by atoms with van der Waals surface area (Å²) in [6.45, 7) is 6.46. The average Bonchev–Trinajstić information content (AvgIpc) is 2.29. The first kappa shape index (κ1) is 15.0. The van der Waals surface area contributed by atoms with E-state index in [9.17, 15) is 13.2 Å². The summed E-state index contributed by atoms with van der Waals surface area (Å²) in [5.41, 5.74) is -0.122. The van der Waals surface area contributed by atoms with E-state index < -0.39 is 11.7 Å². The van der Waals surface area contributed by atoms with Gasteiger partial charge in [-0.05, 0) is 24.0 Å². The molecule has 0 bridgehead atoms. The van der Waals surface area contributed by atoms with E-state index >= 15 is 0 Å². The zero-order chi connectivity index (χ0) is 13.8. The summed E-state index contributed by atoms with van der Waals surface area (Å²) >= 11 is 0. The van der Waals surface area contributed by atoms with Crippen molar-refractivity contribution in [2.45, 2.75) is 45.3 Å². The third kappa shape index (κ3) is 4.02. The molecule has 4 heteroatoms. The molecule has 0 heterocycles. The Morgan fingerprint density at radius 3 is 2.28 bits per heavy atom. The Bertz CT molecular complexity index is 372. The molecule has 0 fully saturated rings. The molecule has 0 amide bonds. The lowest BCUT2D eigenvalue weighted by Crippen LogP contribution is -2.28. The third-order valence-electron chi connectivity index (χ3n) is 2.97. The van der Waals surface area contributed by atoms with Crippen LogP contribution in [0.5, 0.6) is 0 Å². The second-order valence-corrected chi connectivity index (χ2v) is 4.75. The minimum Gasteiger partial charge on any atom is -0.314 e. The van der Waals surface area contributed by atoms with Gasteiger partial charge < -0.3 is 5.32 Å². The molecular formula is C14H20F3N. The van der Waals surface area contributed by atoms with Crippen molar-refractivity contribution in [3.8, 4) is 0 Å². The number of halogens is 3. The summed E-state index contributed by atoms with van der Waals surface area (Å²) in [6.07, 6.45) is -3.59. The van der Waals surface area contributed by atoms with Crippen molar-refractivity contribution in [2.24, 2.45) is 0 Å². The molecule has 1 atom stereocenters. The van der Waals surface area contributed by atoms with Crippen molar-refractivity contribution in [1.82, 2.24) is 5.32 Å². The Labute approximate surface area is 106 Å². The van der Waals surface area contributed by atoms with E-state index in [-0.39, 0.29) is 12.0 Å². The molecule has 1 N–H and O–H groups in total. The molecule has 0 aliphatic heterocycles. The molecule has 102 valence electrons. The number of hydrogen-bond acceptors (Lipinski definition) is 1. The van der Waals surface area contributed by atoms with Gasteiger partial charge >= 0.3 is 6.18 Å². The lowest BCUT2D eigenvalue weighted by atomic mass is 9.91. The summed E-state index contributed by atoms with van der Waals surface area (Å²) in [5.74, 6) is -0.106. The third-order valence-corrected chi connectivity index (χ3v) is 2.97. The second-order valence-electron chi connectivity index (χ2n) is 4.75. The Morgan fingerprint density at radius 1 is 1.17 bits per heavy atom. The van der Waals surface area contributed by atoms with Crippen molar-refractivity contribution < 1.29 is 13.2 Å². The van der Waals surface area contributed by atoms with E-state index in [1.165, 1.54) is 6.07 Å². The van der Waals surface area contributed by atoms with Gasteiger partial charge in [0.1, 0.15) is 0 Å². The van der Waals surface area contributed by atoms with Crippen LogP contribution in [0, 0.1) is 0 Å². The molecule has 0 aliphatic carbocycles. The fourth-order valence-electron chi connectivity index (χ4n) is 1.96.